The van der Waals surface area contributed by atoms with Crippen LogP contribution in [0, 0.1) is 11.8 Å². The van der Waals surface area contributed by atoms with E-state index in [0.29, 0.717) is 18.3 Å². The topological polar surface area (TPSA) is 173 Å². The van der Waals surface area contributed by atoms with Crippen LogP contribution in [0.4, 0.5) is 5.69 Å². The smallest absolute Gasteiger partial charge is 0.287 e. The van der Waals surface area contributed by atoms with Gasteiger partial charge in [0.15, 0.2) is 0 Å². The lowest BCUT2D eigenvalue weighted by Gasteiger charge is -2.52. The molecule has 4 rings (SSSR count). The Balaban J connectivity index is 1.47. The molecule has 4 N–H and O–H groups in total. The Morgan fingerprint density at radius 1 is 1.18 bits per heavy atom. The summed E-state index contributed by atoms with van der Waals surface area (Å²) in [5, 5.41) is 10.7. The van der Waals surface area contributed by atoms with Gasteiger partial charge in [-0.05, 0) is 76.3 Å². The molecule has 244 valence electrons. The lowest BCUT2D eigenvalue weighted by molar-refractivity contribution is -0.138. The summed E-state index contributed by atoms with van der Waals surface area (Å²) in [4.78, 5) is 80.6. The first-order valence-electron chi connectivity index (χ1n) is 15.3. The number of ketones is 1. The number of halogens is 1. The first kappa shape index (κ1) is 33.9. The minimum absolute atomic E-state index is 0.111. The Kier molecular flexibility index (Phi) is 10.5. The maximum atomic E-state index is 13.4. The molecule has 0 aromatic carbocycles. The van der Waals surface area contributed by atoms with Crippen LogP contribution >= 0.6 is 11.6 Å². The molecule has 2 bridgehead atoms. The zero-order valence-corrected chi connectivity index (χ0v) is 26.9. The molecular formula is C31H42ClN7O6. The van der Waals surface area contributed by atoms with E-state index < -0.39 is 45.5 Å². The molecule has 13 nitrogen and oxygen atoms in total. The number of rotatable bonds is 12. The van der Waals surface area contributed by atoms with Crippen LogP contribution in [0.2, 0.25) is 0 Å². The molecule has 2 fully saturated rings. The van der Waals surface area contributed by atoms with Crippen LogP contribution in [0.3, 0.4) is 0 Å². The first-order valence-corrected chi connectivity index (χ1v) is 15.7. The molecule has 0 radical (unpaired) electrons. The number of imidazole rings is 1. The minimum Gasteiger partial charge on any atom is -0.350 e. The number of carbonyl (C=O) groups is 5. The highest BCUT2D eigenvalue weighted by Gasteiger charge is 2.49. The van der Waals surface area contributed by atoms with E-state index in [0.717, 1.165) is 25.7 Å². The number of nitrogens with zero attached hydrogens (tertiary/aromatic N) is 3. The van der Waals surface area contributed by atoms with Crippen molar-refractivity contribution in [3.05, 3.63) is 46.9 Å². The number of nitrogens with one attached hydrogen (secondary N) is 4. The molecule has 2 aromatic rings. The van der Waals surface area contributed by atoms with Crippen LogP contribution in [0.5, 0.6) is 0 Å². The van der Waals surface area contributed by atoms with E-state index in [1.807, 2.05) is 6.92 Å². The van der Waals surface area contributed by atoms with E-state index >= 15 is 0 Å². The number of anilines is 1. The number of alkyl halides is 1. The largest absolute Gasteiger partial charge is 0.350 e. The van der Waals surface area contributed by atoms with Crippen LogP contribution in [0.25, 0.3) is 0 Å². The molecule has 2 heterocycles. The van der Waals surface area contributed by atoms with E-state index in [2.05, 4.69) is 33.2 Å². The number of likely N-dealkylation sites (N-methyl/N-ethyl adjacent to an activating group) is 1. The van der Waals surface area contributed by atoms with Crippen LogP contribution in [0.1, 0.15) is 76.2 Å². The number of Topliss-reactive ketones (excluding diaryl/α,β-unsaturated/α-hetero) is 1. The van der Waals surface area contributed by atoms with E-state index in [1.165, 1.54) is 40.0 Å². The maximum Gasteiger partial charge on any atom is 0.287 e. The minimum atomic E-state index is -1.27. The third-order valence-corrected chi connectivity index (χ3v) is 8.78. The van der Waals surface area contributed by atoms with Crippen molar-refractivity contribution in [3.8, 4) is 0 Å². The molecule has 2 aliphatic carbocycles. The standard InChI is InChI=1S/C31H42ClN7O6/c1-5-34-28(44)24(40)9-8-21(35-27(43)23-15-33-18-38(23)4)26(42)36-22-7-6-10-39(29(22)45)16-25(41)37-31-12-19(2)11-20(14-31)13-30(3,32)17-31/h6-7,10,15,18-21H,5,8-9,11-14,16-17H2,1-4H3,(H,34,44)(H,35,43)(H,36,42)(H,37,41). The number of amides is 4. The third kappa shape index (κ3) is 8.59. The zero-order chi connectivity index (χ0) is 32.9. The second-order valence-corrected chi connectivity index (χ2v) is 13.7. The molecule has 14 heteroatoms. The summed E-state index contributed by atoms with van der Waals surface area (Å²) in [5.41, 5.74) is -0.995. The molecule has 5 atom stereocenters. The molecule has 4 amide bonds. The summed E-state index contributed by atoms with van der Waals surface area (Å²) in [6.07, 6.45) is 7.97. The second-order valence-electron chi connectivity index (χ2n) is 12.8. The van der Waals surface area contributed by atoms with Gasteiger partial charge in [0.25, 0.3) is 17.4 Å². The highest BCUT2D eigenvalue weighted by molar-refractivity contribution is 6.36. The molecule has 5 unspecified atom stereocenters. The number of hydrogen-bond acceptors (Lipinski definition) is 7. The zero-order valence-electron chi connectivity index (χ0n) is 26.2. The Bertz CT molecular complexity index is 1510. The van der Waals surface area contributed by atoms with Gasteiger partial charge in [-0.1, -0.05) is 6.92 Å². The lowest BCUT2D eigenvalue weighted by atomic mass is 9.61. The molecular weight excluding hydrogens is 602 g/mol. The summed E-state index contributed by atoms with van der Waals surface area (Å²) in [5.74, 6) is -2.39. The Hall–Kier alpha value is -4.00. The van der Waals surface area contributed by atoms with Crippen molar-refractivity contribution < 1.29 is 24.0 Å². The number of pyridine rings is 1. The molecule has 2 saturated carbocycles. The summed E-state index contributed by atoms with van der Waals surface area (Å²) < 4.78 is 2.66. The average molecular weight is 644 g/mol. The Morgan fingerprint density at radius 3 is 2.62 bits per heavy atom. The van der Waals surface area contributed by atoms with Gasteiger partial charge in [-0.15, -0.1) is 11.6 Å². The number of aromatic nitrogens is 3. The Labute approximate surface area is 266 Å². The van der Waals surface area contributed by atoms with Gasteiger partial charge < -0.3 is 30.4 Å². The lowest BCUT2D eigenvalue weighted by Crippen LogP contribution is -2.59. The van der Waals surface area contributed by atoms with E-state index in [9.17, 15) is 28.8 Å². The van der Waals surface area contributed by atoms with Crippen molar-refractivity contribution in [2.75, 3.05) is 11.9 Å². The normalized spacial score (nSPS) is 24.6. The quantitative estimate of drug-likeness (QED) is 0.202. The van der Waals surface area contributed by atoms with Crippen LogP contribution < -0.4 is 26.8 Å². The maximum absolute atomic E-state index is 13.4. The van der Waals surface area contributed by atoms with Crippen LogP contribution in [-0.2, 0) is 32.8 Å². The third-order valence-electron chi connectivity index (χ3n) is 8.49. The molecule has 2 aliphatic rings. The molecule has 2 aromatic heterocycles. The molecule has 45 heavy (non-hydrogen) atoms. The average Bonchev–Trinajstić information content (AvgIpc) is 3.37. The van der Waals surface area contributed by atoms with Gasteiger partial charge in [-0.3, -0.25) is 28.8 Å². The van der Waals surface area contributed by atoms with Gasteiger partial charge in [0, 0.05) is 36.6 Å². The fourth-order valence-electron chi connectivity index (χ4n) is 7.06. The monoisotopic (exact) mass is 643 g/mol. The van der Waals surface area contributed by atoms with Crippen molar-refractivity contribution in [3.63, 3.8) is 0 Å². The molecule has 0 aliphatic heterocycles. The first-order chi connectivity index (χ1) is 21.2. The van der Waals surface area contributed by atoms with Gasteiger partial charge in [0.05, 0.1) is 12.5 Å². The van der Waals surface area contributed by atoms with Crippen molar-refractivity contribution in [1.82, 2.24) is 30.1 Å². The summed E-state index contributed by atoms with van der Waals surface area (Å²) in [6, 6.07) is 1.65. The van der Waals surface area contributed by atoms with Gasteiger partial charge >= 0.3 is 0 Å². The SMILES string of the molecule is CCNC(=O)C(=O)CCC(NC(=O)c1cncn1C)C(=O)Nc1cccn(CC(=O)NC23CC(C)CC(CC(C)(Cl)C2)C3)c1=O. The van der Waals surface area contributed by atoms with Gasteiger partial charge in [-0.25, -0.2) is 4.98 Å². The highest BCUT2D eigenvalue weighted by atomic mass is 35.5. The number of fused-ring (bicyclic) bond motifs is 2. The number of aryl methyl sites for hydroxylation is 1. The summed E-state index contributed by atoms with van der Waals surface area (Å²) >= 11 is 6.80. The van der Waals surface area contributed by atoms with Crippen LogP contribution in [0.15, 0.2) is 35.6 Å². The number of carbonyl (C=O) groups excluding carboxylic acids is 5. The summed E-state index contributed by atoms with van der Waals surface area (Å²) in [6.45, 7) is 5.86. The van der Waals surface area contributed by atoms with Gasteiger partial charge in [-0.2, -0.15) is 0 Å². The van der Waals surface area contributed by atoms with Crippen molar-refractivity contribution in [1.29, 1.82) is 0 Å². The van der Waals surface area contributed by atoms with Crippen LogP contribution in [-0.4, -0.2) is 66.5 Å². The second kappa shape index (κ2) is 14.0. The van der Waals surface area contributed by atoms with Crippen molar-refractivity contribution in [2.24, 2.45) is 18.9 Å². The van der Waals surface area contributed by atoms with E-state index in [1.54, 1.807) is 14.0 Å². The predicted molar refractivity (Wildman–Crippen MR) is 168 cm³/mol. The number of hydrogen-bond donors (Lipinski definition) is 4. The fraction of sp³-hybridized carbons (Fsp3) is 0.581. The van der Waals surface area contributed by atoms with E-state index in [-0.39, 0.29) is 43.2 Å². The van der Waals surface area contributed by atoms with Gasteiger partial charge in [0.1, 0.15) is 24.0 Å². The fourth-order valence-corrected chi connectivity index (χ4v) is 7.53. The highest BCUT2D eigenvalue weighted by Crippen LogP contribution is 2.51. The van der Waals surface area contributed by atoms with Crippen molar-refractivity contribution in [2.45, 2.75) is 88.7 Å². The van der Waals surface area contributed by atoms with Gasteiger partial charge in [0.2, 0.25) is 17.6 Å². The predicted octanol–water partition coefficient (Wildman–Crippen LogP) is 1.89. The van der Waals surface area contributed by atoms with Crippen molar-refractivity contribution >= 4 is 46.7 Å². The molecule has 0 saturated heterocycles. The molecule has 0 spiro atoms. The Morgan fingerprint density at radius 2 is 1.93 bits per heavy atom. The summed E-state index contributed by atoms with van der Waals surface area (Å²) in [7, 11) is 1.60. The van der Waals surface area contributed by atoms with E-state index in [4.69, 9.17) is 11.6 Å².